The van der Waals surface area contributed by atoms with Crippen LogP contribution in [0.4, 0.5) is 30.4 Å². The Morgan fingerprint density at radius 2 is 1.82 bits per heavy atom. The zero-order valence-corrected chi connectivity index (χ0v) is 27.0. The van der Waals surface area contributed by atoms with E-state index in [9.17, 15) is 18.0 Å². The summed E-state index contributed by atoms with van der Waals surface area (Å²) in [7, 11) is 1.44. The maximum atomic E-state index is 14.3. The second-order valence-corrected chi connectivity index (χ2v) is 11.2. The first-order chi connectivity index (χ1) is 23.5. The van der Waals surface area contributed by atoms with Crippen molar-refractivity contribution in [3.05, 3.63) is 89.4 Å². The first kappa shape index (κ1) is 34.7. The molecule has 1 saturated heterocycles. The predicted molar refractivity (Wildman–Crippen MR) is 185 cm³/mol. The summed E-state index contributed by atoms with van der Waals surface area (Å²) in [5, 5.41) is 19.1. The second-order valence-electron chi connectivity index (χ2n) is 10.8. The van der Waals surface area contributed by atoms with Crippen LogP contribution < -0.4 is 25.4 Å². The fourth-order valence-electron chi connectivity index (χ4n) is 5.44. The number of benzene rings is 3. The number of hydrogen-bond donors (Lipinski definition) is 4. The van der Waals surface area contributed by atoms with E-state index in [0.717, 1.165) is 6.21 Å². The molecular weight excluding hydrogens is 661 g/mol. The Bertz CT molecular complexity index is 1940. The highest BCUT2D eigenvalue weighted by Gasteiger charge is 2.37. The normalized spacial score (nSPS) is 13.8. The van der Waals surface area contributed by atoms with E-state index >= 15 is 0 Å². The molecule has 0 saturated carbocycles. The van der Waals surface area contributed by atoms with E-state index in [1.54, 1.807) is 17.0 Å². The molecule has 1 aliphatic rings. The number of rotatable bonds is 11. The lowest BCUT2D eigenvalue weighted by Gasteiger charge is -2.35. The molecule has 1 aliphatic heterocycles. The standard InChI is InChI=1S/C34H32ClF3N8O3/c1-3-30(47)45-10-12-46(13-11-45)33-24-14-26(35)23(15-28(24)42-19-43-33)31-25(17-40)27(41)8-9-29(31)49-18-20(16-39)32(34(36,37)38)44-21-4-6-22(48-2)7-5-21/h3-9,14-17,19,39-40,44H,1,10-13,18,41H2,2H3/b32-20+,39-16?,40-17?. The van der Waals surface area contributed by atoms with Crippen LogP contribution in [0.15, 0.2) is 78.8 Å². The summed E-state index contributed by atoms with van der Waals surface area (Å²) in [6.45, 7) is 4.89. The Kier molecular flexibility index (Phi) is 10.4. The Morgan fingerprint density at radius 3 is 2.43 bits per heavy atom. The molecule has 1 fully saturated rings. The number of aromatic nitrogens is 2. The van der Waals surface area contributed by atoms with Crippen molar-refractivity contribution < 1.29 is 27.4 Å². The van der Waals surface area contributed by atoms with Crippen LogP contribution in [-0.2, 0) is 4.79 Å². The third-order valence-electron chi connectivity index (χ3n) is 7.94. The molecule has 2 heterocycles. The molecule has 0 aliphatic carbocycles. The van der Waals surface area contributed by atoms with Crippen molar-refractivity contribution in [2.45, 2.75) is 6.18 Å². The zero-order valence-electron chi connectivity index (χ0n) is 26.3. The van der Waals surface area contributed by atoms with Gasteiger partial charge in [-0.3, -0.25) is 4.79 Å². The average Bonchev–Trinajstić information content (AvgIpc) is 3.10. The summed E-state index contributed by atoms with van der Waals surface area (Å²) >= 11 is 6.87. The number of carbonyl (C=O) groups is 1. The van der Waals surface area contributed by atoms with Crippen molar-refractivity contribution >= 4 is 58.0 Å². The van der Waals surface area contributed by atoms with Gasteiger partial charge in [-0.15, -0.1) is 0 Å². The number of hydrogen-bond acceptors (Lipinski definition) is 10. The number of amides is 1. The van der Waals surface area contributed by atoms with Crippen molar-refractivity contribution in [2.75, 3.05) is 55.8 Å². The highest BCUT2D eigenvalue weighted by molar-refractivity contribution is 6.34. The molecule has 1 aromatic heterocycles. The lowest BCUT2D eigenvalue weighted by molar-refractivity contribution is -0.126. The first-order valence-corrected chi connectivity index (χ1v) is 15.2. The molecule has 0 spiro atoms. The average molecular weight is 693 g/mol. The van der Waals surface area contributed by atoms with Crippen LogP contribution in [0.5, 0.6) is 11.5 Å². The summed E-state index contributed by atoms with van der Waals surface area (Å²) < 4.78 is 53.8. The van der Waals surface area contributed by atoms with Gasteiger partial charge in [0.1, 0.15) is 35.9 Å². The molecule has 0 atom stereocenters. The van der Waals surface area contributed by atoms with Gasteiger partial charge < -0.3 is 41.1 Å². The summed E-state index contributed by atoms with van der Waals surface area (Å²) in [6.07, 6.45) is -0.589. The molecule has 254 valence electrons. The van der Waals surface area contributed by atoms with Crippen molar-refractivity contribution in [3.63, 3.8) is 0 Å². The van der Waals surface area contributed by atoms with Crippen LogP contribution in [0.3, 0.4) is 0 Å². The van der Waals surface area contributed by atoms with Crippen molar-refractivity contribution in [1.29, 1.82) is 10.8 Å². The molecule has 4 aromatic rings. The highest BCUT2D eigenvalue weighted by atomic mass is 35.5. The van der Waals surface area contributed by atoms with Gasteiger partial charge in [-0.1, -0.05) is 18.2 Å². The second kappa shape index (κ2) is 14.6. The molecule has 3 aromatic carbocycles. The van der Waals surface area contributed by atoms with E-state index in [4.69, 9.17) is 37.6 Å². The van der Waals surface area contributed by atoms with Crippen LogP contribution in [0, 0.1) is 10.8 Å². The van der Waals surface area contributed by atoms with Gasteiger partial charge in [0, 0.05) is 82.7 Å². The van der Waals surface area contributed by atoms with Crippen LogP contribution in [0.1, 0.15) is 5.56 Å². The van der Waals surface area contributed by atoms with Gasteiger partial charge in [0.15, 0.2) is 0 Å². The Labute approximate surface area is 284 Å². The minimum absolute atomic E-state index is 0.0801. The fraction of sp³-hybridized carbons (Fsp3) is 0.206. The lowest BCUT2D eigenvalue weighted by Crippen LogP contribution is -2.48. The van der Waals surface area contributed by atoms with Gasteiger partial charge in [-0.2, -0.15) is 13.2 Å². The summed E-state index contributed by atoms with van der Waals surface area (Å²) in [4.78, 5) is 24.7. The third kappa shape index (κ3) is 7.44. The Balaban J connectivity index is 1.52. The molecule has 0 radical (unpaired) electrons. The minimum Gasteiger partial charge on any atom is -0.497 e. The number of anilines is 3. The van der Waals surface area contributed by atoms with Crippen molar-refractivity contribution in [1.82, 2.24) is 14.9 Å². The van der Waals surface area contributed by atoms with E-state index in [1.807, 2.05) is 4.90 Å². The topological polar surface area (TPSA) is 154 Å². The van der Waals surface area contributed by atoms with E-state index in [1.165, 1.54) is 55.9 Å². The maximum Gasteiger partial charge on any atom is 0.431 e. The van der Waals surface area contributed by atoms with Crippen LogP contribution in [0.25, 0.3) is 22.0 Å². The number of nitrogens with one attached hydrogen (secondary N) is 3. The number of piperazine rings is 1. The molecule has 5 rings (SSSR count). The summed E-state index contributed by atoms with van der Waals surface area (Å²) in [5.41, 5.74) is 6.26. The number of nitrogen functional groups attached to an aromatic ring is 1. The Morgan fingerprint density at radius 1 is 1.10 bits per heavy atom. The number of allylic oxidation sites excluding steroid dienone is 1. The molecule has 0 unspecified atom stereocenters. The predicted octanol–water partition coefficient (Wildman–Crippen LogP) is 6.33. The number of nitrogens with two attached hydrogens (primary N) is 1. The van der Waals surface area contributed by atoms with Gasteiger partial charge in [0.05, 0.1) is 12.6 Å². The molecule has 1 amide bonds. The molecule has 15 heteroatoms. The number of alkyl halides is 3. The summed E-state index contributed by atoms with van der Waals surface area (Å²) in [5.74, 6) is 1.02. The van der Waals surface area contributed by atoms with E-state index in [-0.39, 0.29) is 39.2 Å². The zero-order chi connectivity index (χ0) is 35.3. The van der Waals surface area contributed by atoms with Gasteiger partial charge in [0.25, 0.3) is 0 Å². The number of methoxy groups -OCH3 is 1. The largest absolute Gasteiger partial charge is 0.497 e. The number of fused-ring (bicyclic) bond motifs is 1. The lowest BCUT2D eigenvalue weighted by atomic mass is 9.96. The maximum absolute atomic E-state index is 14.3. The molecule has 0 bridgehead atoms. The van der Waals surface area contributed by atoms with Gasteiger partial charge in [-0.25, -0.2) is 9.97 Å². The number of carbonyl (C=O) groups excluding carboxylic acids is 1. The molecule has 49 heavy (non-hydrogen) atoms. The van der Waals surface area contributed by atoms with Crippen LogP contribution >= 0.6 is 11.6 Å². The quantitative estimate of drug-likeness (QED) is 0.0808. The van der Waals surface area contributed by atoms with Gasteiger partial charge >= 0.3 is 6.18 Å². The molecule has 5 N–H and O–H groups in total. The van der Waals surface area contributed by atoms with E-state index in [2.05, 4.69) is 21.9 Å². The van der Waals surface area contributed by atoms with Crippen molar-refractivity contribution in [3.8, 4) is 22.6 Å². The van der Waals surface area contributed by atoms with E-state index < -0.39 is 24.1 Å². The third-order valence-corrected chi connectivity index (χ3v) is 8.26. The van der Waals surface area contributed by atoms with Crippen molar-refractivity contribution in [2.24, 2.45) is 0 Å². The summed E-state index contributed by atoms with van der Waals surface area (Å²) in [6, 6.07) is 12.1. The number of halogens is 4. The van der Waals surface area contributed by atoms with Crippen LogP contribution in [0.2, 0.25) is 5.02 Å². The molecule has 11 nitrogen and oxygen atoms in total. The number of ether oxygens (including phenoxy) is 2. The monoisotopic (exact) mass is 692 g/mol. The van der Waals surface area contributed by atoms with Gasteiger partial charge in [-0.05, 0) is 54.6 Å². The number of nitrogens with zero attached hydrogens (tertiary/aromatic N) is 4. The highest BCUT2D eigenvalue weighted by Crippen LogP contribution is 2.42. The Hall–Kier alpha value is -5.63. The van der Waals surface area contributed by atoms with Crippen LogP contribution in [-0.4, -0.2) is 79.3 Å². The van der Waals surface area contributed by atoms with E-state index in [0.29, 0.717) is 60.4 Å². The molecular formula is C34H32ClF3N8O3. The fourth-order valence-corrected chi connectivity index (χ4v) is 5.70. The first-order valence-electron chi connectivity index (χ1n) is 14.9. The SMILES string of the molecule is C=CC(=O)N1CCN(c2ncnc3cc(-c4c(OC/C(C=N)=C(/Nc5ccc(OC)cc5)C(F)(F)F)ccc(N)c4C=N)c(Cl)cc23)CC1. The van der Waals surface area contributed by atoms with Gasteiger partial charge in [0.2, 0.25) is 5.91 Å². The minimum atomic E-state index is -4.85. The smallest absolute Gasteiger partial charge is 0.431 e.